The highest BCUT2D eigenvalue weighted by molar-refractivity contribution is 5.84. The molecule has 6 heteroatoms. The Balaban J connectivity index is 5.20. The first-order valence-electron chi connectivity index (χ1n) is 9.14. The van der Waals surface area contributed by atoms with Crippen molar-refractivity contribution in [2.45, 2.75) is 86.2 Å². The molecule has 0 spiro atoms. The number of nitrogens with one attached hydrogen (secondary N) is 2. The van der Waals surface area contributed by atoms with Gasteiger partial charge in [0.15, 0.2) is 0 Å². The Hall–Kier alpha value is -1.43. The summed E-state index contributed by atoms with van der Waals surface area (Å²) in [6, 6.07) is -1.05. The Morgan fingerprint density at radius 3 is 1.88 bits per heavy atom. The zero-order chi connectivity index (χ0) is 21.0. The lowest BCUT2D eigenvalue weighted by Crippen LogP contribution is -2.52. The topological polar surface area (TPSA) is 95.5 Å². The highest BCUT2D eigenvalue weighted by atomic mass is 16.4. The van der Waals surface area contributed by atoms with Crippen LogP contribution in [0.2, 0.25) is 0 Å². The minimum absolute atomic E-state index is 0.122. The zero-order valence-electron chi connectivity index (χ0n) is 17.9. The normalized spacial score (nSPS) is 14.7. The lowest BCUT2D eigenvalue weighted by Gasteiger charge is -2.38. The van der Waals surface area contributed by atoms with Crippen molar-refractivity contribution in [3.8, 4) is 0 Å². The van der Waals surface area contributed by atoms with E-state index in [4.69, 9.17) is 0 Å². The van der Waals surface area contributed by atoms with Crippen LogP contribution in [0.1, 0.15) is 74.7 Å². The molecule has 0 saturated carbocycles. The predicted octanol–water partition coefficient (Wildman–Crippen LogP) is 3.00. The van der Waals surface area contributed by atoms with Gasteiger partial charge in [-0.3, -0.25) is 4.79 Å². The molecule has 0 aromatic carbocycles. The van der Waals surface area contributed by atoms with Crippen molar-refractivity contribution in [2.75, 3.05) is 7.05 Å². The first kappa shape index (κ1) is 24.6. The summed E-state index contributed by atoms with van der Waals surface area (Å²) in [5.41, 5.74) is -1.83. The number of aldehydes is 1. The highest BCUT2D eigenvalue weighted by Gasteiger charge is 2.41. The monoisotopic (exact) mass is 370 g/mol. The molecule has 6 nitrogen and oxygen atoms in total. The van der Waals surface area contributed by atoms with Crippen molar-refractivity contribution in [3.05, 3.63) is 0 Å². The van der Waals surface area contributed by atoms with Crippen LogP contribution in [0.4, 0.5) is 0 Å². The molecule has 0 aliphatic rings. The van der Waals surface area contributed by atoms with Gasteiger partial charge in [-0.25, -0.2) is 4.79 Å². The van der Waals surface area contributed by atoms with Gasteiger partial charge in [0.05, 0.1) is 0 Å². The highest BCUT2D eigenvalue weighted by Crippen LogP contribution is 2.36. The molecule has 0 rings (SSSR count). The maximum Gasteiger partial charge on any atom is 0.326 e. The van der Waals surface area contributed by atoms with Crippen molar-refractivity contribution in [1.29, 1.82) is 0 Å². The van der Waals surface area contributed by atoms with Crippen molar-refractivity contribution in [2.24, 2.45) is 16.2 Å². The lowest BCUT2D eigenvalue weighted by molar-refractivity contribution is -0.146. The smallest absolute Gasteiger partial charge is 0.326 e. The third kappa shape index (κ3) is 8.30. The Kier molecular flexibility index (Phi) is 8.04. The summed E-state index contributed by atoms with van der Waals surface area (Å²) in [6.07, 6.45) is 2.19. The van der Waals surface area contributed by atoms with Gasteiger partial charge in [-0.2, -0.15) is 0 Å². The molecule has 0 aromatic rings. The molecule has 26 heavy (non-hydrogen) atoms. The quantitative estimate of drug-likeness (QED) is 0.486. The molecule has 3 N–H and O–H groups in total. The van der Waals surface area contributed by atoms with Gasteiger partial charge >= 0.3 is 5.97 Å². The van der Waals surface area contributed by atoms with E-state index >= 15 is 0 Å². The van der Waals surface area contributed by atoms with Gasteiger partial charge in [0.2, 0.25) is 5.91 Å². The van der Waals surface area contributed by atoms with Crippen LogP contribution in [-0.4, -0.2) is 41.9 Å². The van der Waals surface area contributed by atoms with Crippen molar-refractivity contribution >= 4 is 18.2 Å². The second-order valence-electron chi connectivity index (χ2n) is 10.3. The van der Waals surface area contributed by atoms with E-state index in [0.717, 1.165) is 12.7 Å². The maximum atomic E-state index is 12.6. The van der Waals surface area contributed by atoms with Crippen LogP contribution in [-0.2, 0) is 14.4 Å². The number of rotatable bonds is 11. The van der Waals surface area contributed by atoms with Gasteiger partial charge in [0, 0.05) is 17.4 Å². The Labute approximate surface area is 158 Å². The van der Waals surface area contributed by atoms with Gasteiger partial charge < -0.3 is 20.5 Å². The molecule has 1 amide bonds. The summed E-state index contributed by atoms with van der Waals surface area (Å²) >= 11 is 0. The average molecular weight is 371 g/mol. The lowest BCUT2D eigenvalue weighted by atomic mass is 9.71. The van der Waals surface area contributed by atoms with E-state index < -0.39 is 22.8 Å². The van der Waals surface area contributed by atoms with Crippen LogP contribution >= 0.6 is 0 Å². The fourth-order valence-electron chi connectivity index (χ4n) is 3.90. The van der Waals surface area contributed by atoms with E-state index in [0.29, 0.717) is 6.42 Å². The number of hydrogen-bond donors (Lipinski definition) is 3. The Morgan fingerprint density at radius 2 is 1.50 bits per heavy atom. The molecule has 1 unspecified atom stereocenters. The van der Waals surface area contributed by atoms with Crippen molar-refractivity contribution < 1.29 is 19.5 Å². The Bertz CT molecular complexity index is 522. The summed E-state index contributed by atoms with van der Waals surface area (Å²) in [5, 5.41) is 15.6. The zero-order valence-corrected chi connectivity index (χ0v) is 17.9. The van der Waals surface area contributed by atoms with Crippen molar-refractivity contribution in [3.63, 3.8) is 0 Å². The molecule has 0 radical (unpaired) electrons. The molecule has 152 valence electrons. The summed E-state index contributed by atoms with van der Waals surface area (Å²) in [4.78, 5) is 35.6. The second-order valence-corrected chi connectivity index (χ2v) is 10.3. The van der Waals surface area contributed by atoms with E-state index in [9.17, 15) is 19.5 Å². The summed E-state index contributed by atoms with van der Waals surface area (Å²) < 4.78 is 0. The average Bonchev–Trinajstić information content (AvgIpc) is 2.41. The van der Waals surface area contributed by atoms with E-state index in [1.807, 2.05) is 20.9 Å². The third-order valence-corrected chi connectivity index (χ3v) is 4.80. The van der Waals surface area contributed by atoms with Gasteiger partial charge in [-0.05, 0) is 44.6 Å². The second kappa shape index (κ2) is 8.51. The minimum Gasteiger partial charge on any atom is -0.480 e. The van der Waals surface area contributed by atoms with Crippen LogP contribution in [0.3, 0.4) is 0 Å². The number of aliphatic carboxylic acids is 1. The largest absolute Gasteiger partial charge is 0.480 e. The molecule has 0 fully saturated rings. The predicted molar refractivity (Wildman–Crippen MR) is 104 cm³/mol. The molecule has 1 atom stereocenters. The molecular formula is C20H38N2O4. The van der Waals surface area contributed by atoms with Gasteiger partial charge in [-0.15, -0.1) is 0 Å². The van der Waals surface area contributed by atoms with Gasteiger partial charge in [0.25, 0.3) is 0 Å². The minimum atomic E-state index is -1.08. The summed E-state index contributed by atoms with van der Waals surface area (Å²) in [5.74, 6) is -1.37. The maximum absolute atomic E-state index is 12.6. The SMILES string of the molecule is CNC(C)(C)CC(C)(C)CC(=O)NC(C(=O)O)C(C)(C)CC(C)(C)C=O. The van der Waals surface area contributed by atoms with Crippen LogP contribution in [0, 0.1) is 16.2 Å². The molecule has 0 bridgehead atoms. The number of amides is 1. The van der Waals surface area contributed by atoms with E-state index in [2.05, 4.69) is 24.5 Å². The molecule has 0 aliphatic heterocycles. The summed E-state index contributed by atoms with van der Waals surface area (Å²) in [6.45, 7) is 15.2. The molecule has 0 saturated heterocycles. The number of hydrogen-bond acceptors (Lipinski definition) is 4. The van der Waals surface area contributed by atoms with Crippen LogP contribution < -0.4 is 10.6 Å². The first-order valence-corrected chi connectivity index (χ1v) is 9.14. The third-order valence-electron chi connectivity index (χ3n) is 4.80. The van der Waals surface area contributed by atoms with Crippen LogP contribution in [0.5, 0.6) is 0 Å². The van der Waals surface area contributed by atoms with Gasteiger partial charge in [0.1, 0.15) is 12.3 Å². The van der Waals surface area contributed by atoms with E-state index in [-0.39, 0.29) is 23.3 Å². The number of carbonyl (C=O) groups excluding carboxylic acids is 2. The van der Waals surface area contributed by atoms with E-state index in [1.165, 1.54) is 0 Å². The first-order chi connectivity index (χ1) is 11.5. The van der Waals surface area contributed by atoms with Crippen LogP contribution in [0.15, 0.2) is 0 Å². The van der Waals surface area contributed by atoms with Gasteiger partial charge in [-0.1, -0.05) is 41.5 Å². The number of carboxylic acids is 1. The standard InChI is InChI=1S/C20H38N2O4/c1-17(2,12-20(7,8)21-9)10-14(24)22-15(16(25)26)19(5,6)11-18(3,4)13-23/h13,15,21H,10-12H2,1-9H3,(H,22,24)(H,25,26). The molecule has 0 heterocycles. The molecular weight excluding hydrogens is 332 g/mol. The number of carboxylic acid groups (broad SMARTS) is 1. The van der Waals surface area contributed by atoms with Crippen LogP contribution in [0.25, 0.3) is 0 Å². The summed E-state index contributed by atoms with van der Waals surface area (Å²) in [7, 11) is 1.88. The van der Waals surface area contributed by atoms with Crippen molar-refractivity contribution in [1.82, 2.24) is 10.6 Å². The Morgan fingerprint density at radius 1 is 1.00 bits per heavy atom. The fourth-order valence-corrected chi connectivity index (χ4v) is 3.90. The fraction of sp³-hybridized carbons (Fsp3) is 0.850. The molecule has 0 aromatic heterocycles. The van der Waals surface area contributed by atoms with E-state index in [1.54, 1.807) is 27.7 Å². The number of carbonyl (C=O) groups is 3. The molecule has 0 aliphatic carbocycles.